The van der Waals surface area contributed by atoms with Crippen molar-refractivity contribution in [3.63, 3.8) is 0 Å². The molecule has 0 saturated heterocycles. The van der Waals surface area contributed by atoms with Crippen LogP contribution in [0, 0.1) is 11.8 Å². The Labute approximate surface area is 174 Å². The highest BCUT2D eigenvalue weighted by atomic mass is 32.3. The van der Waals surface area contributed by atoms with Crippen LogP contribution in [-0.4, -0.2) is 55.7 Å². The van der Waals surface area contributed by atoms with Crippen molar-refractivity contribution in [2.24, 2.45) is 11.8 Å². The Bertz CT molecular complexity index is 1020. The van der Waals surface area contributed by atoms with Crippen LogP contribution in [0.5, 0.6) is 23.0 Å². The maximum Gasteiger partial charge on any atom is 0.397 e. The zero-order valence-corrected chi connectivity index (χ0v) is 17.3. The highest BCUT2D eigenvalue weighted by Crippen LogP contribution is 2.48. The Balaban J connectivity index is 2.18. The number of phenolic OH excluding ortho intramolecular Hbond substituents is 2. The third-order valence-corrected chi connectivity index (χ3v) is 5.93. The molecule has 10 heteroatoms. The molecule has 0 fully saturated rings. The largest absolute Gasteiger partial charge is 0.504 e. The molecular weight excluding hydrogens is 416 g/mol. The quantitative estimate of drug-likeness (QED) is 0.474. The molecule has 0 radical (unpaired) electrons. The van der Waals surface area contributed by atoms with Crippen LogP contribution in [0.2, 0.25) is 0 Å². The van der Waals surface area contributed by atoms with Gasteiger partial charge in [0.1, 0.15) is 0 Å². The van der Waals surface area contributed by atoms with Gasteiger partial charge >= 0.3 is 10.4 Å². The smallest absolute Gasteiger partial charge is 0.397 e. The van der Waals surface area contributed by atoms with Gasteiger partial charge in [-0.05, 0) is 53.3 Å². The summed E-state index contributed by atoms with van der Waals surface area (Å²) in [4.78, 5) is 0. The van der Waals surface area contributed by atoms with Crippen LogP contribution in [0.15, 0.2) is 30.3 Å². The first-order valence-electron chi connectivity index (χ1n) is 9.17. The fraction of sp³-hybridized carbons (Fsp3) is 0.400. The van der Waals surface area contributed by atoms with Crippen molar-refractivity contribution in [2.75, 3.05) is 27.4 Å². The maximum atomic E-state index is 11.2. The summed E-state index contributed by atoms with van der Waals surface area (Å²) < 4.78 is 46.5. The molecule has 0 unspecified atom stereocenters. The summed E-state index contributed by atoms with van der Waals surface area (Å²) in [7, 11) is -1.86. The van der Waals surface area contributed by atoms with Crippen LogP contribution in [0.4, 0.5) is 0 Å². The summed E-state index contributed by atoms with van der Waals surface area (Å²) in [5.74, 6) is -1.17. The minimum atomic E-state index is -4.69. The molecule has 2 aromatic carbocycles. The number of fused-ring (bicyclic) bond motifs is 1. The molecule has 1 aliphatic carbocycles. The lowest BCUT2D eigenvalue weighted by atomic mass is 9.67. The van der Waals surface area contributed by atoms with Crippen molar-refractivity contribution in [3.8, 4) is 23.0 Å². The molecule has 0 aliphatic heterocycles. The van der Waals surface area contributed by atoms with Crippen LogP contribution >= 0.6 is 0 Å². The van der Waals surface area contributed by atoms with Crippen molar-refractivity contribution < 1.29 is 41.9 Å². The van der Waals surface area contributed by atoms with Crippen molar-refractivity contribution in [1.82, 2.24) is 0 Å². The van der Waals surface area contributed by atoms with E-state index in [4.69, 9.17) is 14.0 Å². The zero-order valence-electron chi connectivity index (χ0n) is 16.5. The van der Waals surface area contributed by atoms with Crippen LogP contribution in [0.1, 0.15) is 22.6 Å². The standard InChI is InChI=1S/C20H24O9S/c1-27-18-6-11(3-4-16(18)22)20-14-8-17(23)19(28-2)7-12(14)5-13(9-21)15(20)10-29-30(24,25)26/h3-4,6-8,13,15,20-23H,5,9-10H2,1-2H3,(H,24,25,26)/t13-,15-,20+/m0/s1. The van der Waals surface area contributed by atoms with E-state index >= 15 is 0 Å². The molecule has 1 aliphatic rings. The molecule has 3 rings (SSSR count). The molecule has 2 aromatic rings. The van der Waals surface area contributed by atoms with Crippen molar-refractivity contribution in [1.29, 1.82) is 0 Å². The van der Waals surface area contributed by atoms with E-state index in [2.05, 4.69) is 4.18 Å². The summed E-state index contributed by atoms with van der Waals surface area (Å²) in [6, 6.07) is 7.91. The number of methoxy groups -OCH3 is 2. The van der Waals surface area contributed by atoms with Crippen molar-refractivity contribution in [3.05, 3.63) is 47.0 Å². The van der Waals surface area contributed by atoms with Gasteiger partial charge in [-0.15, -0.1) is 0 Å². The molecule has 0 amide bonds. The Morgan fingerprint density at radius 2 is 1.70 bits per heavy atom. The average Bonchev–Trinajstić information content (AvgIpc) is 2.70. The first-order valence-corrected chi connectivity index (χ1v) is 10.5. The SMILES string of the molecule is COc1cc([C@@H]2c3cc(O)c(OC)cc3C[C@@H](CO)[C@@H]2COS(=O)(=O)O)ccc1O. The minimum absolute atomic E-state index is 0.0701. The second kappa shape index (κ2) is 8.68. The molecular formula is C20H24O9S. The van der Waals surface area contributed by atoms with E-state index in [1.165, 1.54) is 26.4 Å². The number of ether oxygens (including phenoxy) is 2. The number of phenols is 2. The lowest BCUT2D eigenvalue weighted by Crippen LogP contribution is -2.36. The van der Waals surface area contributed by atoms with Crippen LogP contribution in [0.25, 0.3) is 0 Å². The van der Waals surface area contributed by atoms with E-state index in [0.29, 0.717) is 17.5 Å². The normalized spacial score (nSPS) is 21.1. The van der Waals surface area contributed by atoms with E-state index in [-0.39, 0.29) is 36.2 Å². The third kappa shape index (κ3) is 4.46. The van der Waals surface area contributed by atoms with Gasteiger partial charge in [-0.25, -0.2) is 4.18 Å². The Morgan fingerprint density at radius 3 is 2.30 bits per heavy atom. The van der Waals surface area contributed by atoms with E-state index in [0.717, 1.165) is 5.56 Å². The van der Waals surface area contributed by atoms with Gasteiger partial charge in [0.25, 0.3) is 0 Å². The van der Waals surface area contributed by atoms with Gasteiger partial charge in [0, 0.05) is 18.4 Å². The summed E-state index contributed by atoms with van der Waals surface area (Å²) in [5.41, 5.74) is 2.15. The molecule has 0 spiro atoms. The maximum absolute atomic E-state index is 11.2. The molecule has 30 heavy (non-hydrogen) atoms. The summed E-state index contributed by atoms with van der Waals surface area (Å²) in [6.07, 6.45) is 0.383. The zero-order chi connectivity index (χ0) is 22.1. The van der Waals surface area contributed by atoms with Gasteiger partial charge in [0.2, 0.25) is 0 Å². The highest BCUT2D eigenvalue weighted by Gasteiger charge is 2.39. The second-order valence-electron chi connectivity index (χ2n) is 7.15. The number of hydrogen-bond acceptors (Lipinski definition) is 8. The molecule has 0 bridgehead atoms. The van der Waals surface area contributed by atoms with Crippen LogP contribution in [0.3, 0.4) is 0 Å². The molecule has 0 aromatic heterocycles. The van der Waals surface area contributed by atoms with Crippen molar-refractivity contribution >= 4 is 10.4 Å². The number of aliphatic hydroxyl groups excluding tert-OH is 1. The average molecular weight is 440 g/mol. The van der Waals surface area contributed by atoms with Gasteiger partial charge in [-0.3, -0.25) is 4.55 Å². The first kappa shape index (κ1) is 22.2. The van der Waals surface area contributed by atoms with Gasteiger partial charge in [0.05, 0.1) is 20.8 Å². The Kier molecular flexibility index (Phi) is 6.41. The number of hydrogen-bond donors (Lipinski definition) is 4. The van der Waals surface area contributed by atoms with Crippen molar-refractivity contribution in [2.45, 2.75) is 12.3 Å². The van der Waals surface area contributed by atoms with Crippen LogP contribution in [-0.2, 0) is 21.0 Å². The molecule has 0 heterocycles. The highest BCUT2D eigenvalue weighted by molar-refractivity contribution is 7.80. The predicted molar refractivity (Wildman–Crippen MR) is 106 cm³/mol. The van der Waals surface area contributed by atoms with E-state index < -0.39 is 28.2 Å². The molecule has 9 nitrogen and oxygen atoms in total. The lowest BCUT2D eigenvalue weighted by Gasteiger charge is -2.39. The first-order chi connectivity index (χ1) is 14.2. The van der Waals surface area contributed by atoms with Gasteiger partial charge in [0.15, 0.2) is 23.0 Å². The molecule has 3 atom stereocenters. The van der Waals surface area contributed by atoms with Gasteiger partial charge in [-0.1, -0.05) is 6.07 Å². The van der Waals surface area contributed by atoms with Crippen LogP contribution < -0.4 is 9.47 Å². The third-order valence-electron chi connectivity index (χ3n) is 5.50. The number of rotatable bonds is 7. The van der Waals surface area contributed by atoms with Gasteiger partial charge < -0.3 is 24.8 Å². The van der Waals surface area contributed by atoms with E-state index in [9.17, 15) is 23.7 Å². The van der Waals surface area contributed by atoms with E-state index in [1.807, 2.05) is 0 Å². The van der Waals surface area contributed by atoms with Gasteiger partial charge in [-0.2, -0.15) is 8.42 Å². The lowest BCUT2D eigenvalue weighted by molar-refractivity contribution is 0.107. The fourth-order valence-electron chi connectivity index (χ4n) is 4.10. The Hall–Kier alpha value is -2.53. The predicted octanol–water partition coefficient (Wildman–Crippen LogP) is 1.85. The van der Waals surface area contributed by atoms with E-state index in [1.54, 1.807) is 18.2 Å². The second-order valence-corrected chi connectivity index (χ2v) is 8.25. The summed E-state index contributed by atoms with van der Waals surface area (Å²) in [5, 5.41) is 30.3. The molecule has 164 valence electrons. The fourth-order valence-corrected chi connectivity index (χ4v) is 4.43. The molecule has 0 saturated carbocycles. The Morgan fingerprint density at radius 1 is 1.03 bits per heavy atom. The topological polar surface area (TPSA) is 143 Å². The minimum Gasteiger partial charge on any atom is -0.504 e. The number of benzene rings is 2. The number of aromatic hydroxyl groups is 2. The monoisotopic (exact) mass is 440 g/mol. The summed E-state index contributed by atoms with van der Waals surface area (Å²) in [6.45, 7) is -0.641. The summed E-state index contributed by atoms with van der Waals surface area (Å²) >= 11 is 0. The molecule has 4 N–H and O–H groups in total. The number of aliphatic hydroxyl groups is 1.